The maximum absolute atomic E-state index is 13.7. The van der Waals surface area contributed by atoms with Gasteiger partial charge < -0.3 is 14.6 Å². The number of pyridine rings is 1. The third kappa shape index (κ3) is 4.49. The molecule has 8 heteroatoms. The topological polar surface area (TPSA) is 110 Å². The van der Waals surface area contributed by atoms with Crippen LogP contribution in [-0.2, 0) is 28.5 Å². The number of nitrogens with one attached hydrogen (secondary N) is 1. The second-order valence-corrected chi connectivity index (χ2v) is 8.22. The highest BCUT2D eigenvalue weighted by Crippen LogP contribution is 2.30. The van der Waals surface area contributed by atoms with E-state index in [1.165, 1.54) is 0 Å². The Morgan fingerprint density at radius 3 is 2.57 bits per heavy atom. The van der Waals surface area contributed by atoms with Crippen molar-refractivity contribution in [2.45, 2.75) is 25.8 Å². The van der Waals surface area contributed by atoms with Crippen LogP contribution in [0.1, 0.15) is 41.3 Å². The van der Waals surface area contributed by atoms with Gasteiger partial charge in [0.2, 0.25) is 0 Å². The molecule has 0 fully saturated rings. The van der Waals surface area contributed by atoms with E-state index in [1.807, 2.05) is 29.8 Å². The summed E-state index contributed by atoms with van der Waals surface area (Å²) < 4.78 is 7.21. The van der Waals surface area contributed by atoms with Crippen LogP contribution < -0.4 is 5.32 Å². The van der Waals surface area contributed by atoms with E-state index in [2.05, 4.69) is 16.4 Å². The molecule has 0 saturated heterocycles. The molecule has 176 valence electrons. The van der Waals surface area contributed by atoms with E-state index in [9.17, 15) is 9.59 Å². The molecule has 1 unspecified atom stereocenters. The number of benzene rings is 2. The van der Waals surface area contributed by atoms with Gasteiger partial charge in [-0.2, -0.15) is 5.26 Å². The van der Waals surface area contributed by atoms with Gasteiger partial charge in [-0.25, -0.2) is 4.98 Å². The van der Waals surface area contributed by atoms with Crippen molar-refractivity contribution < 1.29 is 14.3 Å². The fourth-order valence-corrected chi connectivity index (χ4v) is 3.93. The molecule has 35 heavy (non-hydrogen) atoms. The first-order chi connectivity index (χ1) is 16.9. The highest BCUT2D eigenvalue weighted by molar-refractivity contribution is 6.17. The average Bonchev–Trinajstić information content (AvgIpc) is 3.22. The molecule has 0 radical (unpaired) electrons. The van der Waals surface area contributed by atoms with Crippen molar-refractivity contribution in [3.05, 3.63) is 89.5 Å². The third-order valence-corrected chi connectivity index (χ3v) is 6.02. The van der Waals surface area contributed by atoms with Crippen molar-refractivity contribution in [2.24, 2.45) is 7.05 Å². The molecular weight excluding hydrogens is 442 g/mol. The Bertz CT molecular complexity index is 1420. The maximum atomic E-state index is 13.7. The molecule has 0 aliphatic rings. The highest BCUT2D eigenvalue weighted by atomic mass is 16.5. The summed E-state index contributed by atoms with van der Waals surface area (Å²) in [5, 5.41) is 12.2. The highest BCUT2D eigenvalue weighted by Gasteiger charge is 2.46. The Labute approximate surface area is 203 Å². The van der Waals surface area contributed by atoms with Gasteiger partial charge in [-0.3, -0.25) is 14.6 Å². The molecule has 1 N–H and O–H groups in total. The van der Waals surface area contributed by atoms with Crippen molar-refractivity contribution in [1.29, 1.82) is 5.26 Å². The maximum Gasteiger partial charge on any atom is 0.325 e. The van der Waals surface area contributed by atoms with E-state index in [0.29, 0.717) is 28.9 Å². The molecule has 4 aromatic rings. The van der Waals surface area contributed by atoms with Crippen molar-refractivity contribution in [3.8, 4) is 6.07 Å². The number of anilines is 1. The summed E-state index contributed by atoms with van der Waals surface area (Å²) in [5.74, 6) is -0.275. The molecule has 0 saturated carbocycles. The molecule has 2 aromatic heterocycles. The van der Waals surface area contributed by atoms with Crippen LogP contribution in [0.25, 0.3) is 11.0 Å². The number of fused-ring (bicyclic) bond motifs is 1. The molecule has 0 bridgehead atoms. The van der Waals surface area contributed by atoms with Gasteiger partial charge >= 0.3 is 5.97 Å². The van der Waals surface area contributed by atoms with Gasteiger partial charge in [-0.05, 0) is 68.4 Å². The number of hydrogen-bond donors (Lipinski definition) is 1. The number of ketones is 1. The van der Waals surface area contributed by atoms with Crippen LogP contribution in [0.4, 0.5) is 5.69 Å². The largest absolute Gasteiger partial charge is 0.465 e. The normalized spacial score (nSPS) is 12.5. The minimum Gasteiger partial charge on any atom is -0.465 e. The fourth-order valence-electron chi connectivity index (χ4n) is 3.93. The minimum atomic E-state index is -1.58. The summed E-state index contributed by atoms with van der Waals surface area (Å²) in [6.07, 6.45) is 1.55. The molecular formula is C27H25N5O3. The van der Waals surface area contributed by atoms with Crippen LogP contribution in [0, 0.1) is 11.3 Å². The first-order valence-corrected chi connectivity index (χ1v) is 11.2. The predicted molar refractivity (Wildman–Crippen MR) is 132 cm³/mol. The fraction of sp³-hybridized carbons (Fsp3) is 0.222. The number of rotatable bonds is 8. The molecule has 8 nitrogen and oxygen atoms in total. The second kappa shape index (κ2) is 9.77. The van der Waals surface area contributed by atoms with Gasteiger partial charge in [0, 0.05) is 24.5 Å². The summed E-state index contributed by atoms with van der Waals surface area (Å²) in [5.41, 5.74) is 2.06. The molecule has 4 rings (SSSR count). The lowest BCUT2D eigenvalue weighted by atomic mass is 9.78. The number of nitriles is 1. The zero-order valence-electron chi connectivity index (χ0n) is 19.8. The quantitative estimate of drug-likeness (QED) is 0.235. The standard InChI is InChI=1S/C27H25N5O3/c1-4-35-26(34)27(2,23-7-5-6-14-29-23)25(33)19-10-13-22-21(15-19)31-24(32(22)3)17-30-20-11-8-18(16-28)9-12-20/h5-15,30H,4,17H2,1-3H3. The zero-order chi connectivity index (χ0) is 25.0. The van der Waals surface area contributed by atoms with E-state index in [0.717, 1.165) is 17.0 Å². The van der Waals surface area contributed by atoms with Crippen molar-refractivity contribution in [3.63, 3.8) is 0 Å². The summed E-state index contributed by atoms with van der Waals surface area (Å²) in [4.78, 5) is 35.6. The number of aromatic nitrogens is 3. The second-order valence-electron chi connectivity index (χ2n) is 8.22. The number of hydrogen-bond acceptors (Lipinski definition) is 7. The average molecular weight is 468 g/mol. The van der Waals surface area contributed by atoms with E-state index < -0.39 is 17.2 Å². The number of ether oxygens (including phenoxy) is 1. The Hall–Kier alpha value is -4.51. The van der Waals surface area contributed by atoms with Crippen LogP contribution in [-0.4, -0.2) is 32.9 Å². The number of carbonyl (C=O) groups excluding carboxylic acids is 2. The lowest BCUT2D eigenvalue weighted by molar-refractivity contribution is -0.147. The lowest BCUT2D eigenvalue weighted by Crippen LogP contribution is -2.43. The monoisotopic (exact) mass is 467 g/mol. The molecule has 0 amide bonds. The van der Waals surface area contributed by atoms with Gasteiger partial charge in [0.05, 0.1) is 41.5 Å². The molecule has 2 aromatic carbocycles. The number of nitrogens with zero attached hydrogens (tertiary/aromatic N) is 4. The van der Waals surface area contributed by atoms with Crippen LogP contribution in [0.15, 0.2) is 66.9 Å². The Morgan fingerprint density at radius 2 is 1.91 bits per heavy atom. The SMILES string of the molecule is CCOC(=O)C(C)(C(=O)c1ccc2c(c1)nc(CNc1ccc(C#N)cc1)n2C)c1ccccn1. The molecule has 0 spiro atoms. The van der Waals surface area contributed by atoms with Crippen LogP contribution in [0.2, 0.25) is 0 Å². The van der Waals surface area contributed by atoms with E-state index in [-0.39, 0.29) is 6.61 Å². The Morgan fingerprint density at radius 1 is 1.14 bits per heavy atom. The van der Waals surface area contributed by atoms with E-state index in [1.54, 1.807) is 62.5 Å². The van der Waals surface area contributed by atoms with Crippen molar-refractivity contribution in [2.75, 3.05) is 11.9 Å². The third-order valence-electron chi connectivity index (χ3n) is 6.02. The summed E-state index contributed by atoms with van der Waals surface area (Å²) in [7, 11) is 1.91. The summed E-state index contributed by atoms with van der Waals surface area (Å²) >= 11 is 0. The van der Waals surface area contributed by atoms with Crippen LogP contribution in [0.5, 0.6) is 0 Å². The summed E-state index contributed by atoms with van der Waals surface area (Å²) in [6.45, 7) is 3.86. The Kier molecular flexibility index (Phi) is 6.60. The number of carbonyl (C=O) groups is 2. The number of Topliss-reactive ketones (excluding diaryl/α,β-unsaturated/α-hetero) is 1. The smallest absolute Gasteiger partial charge is 0.325 e. The first kappa shape index (κ1) is 23.6. The van der Waals surface area contributed by atoms with E-state index in [4.69, 9.17) is 15.0 Å². The number of imidazole rings is 1. The van der Waals surface area contributed by atoms with Gasteiger partial charge in [0.1, 0.15) is 5.82 Å². The number of esters is 1. The van der Waals surface area contributed by atoms with Crippen LogP contribution >= 0.6 is 0 Å². The molecule has 0 aliphatic carbocycles. The van der Waals surface area contributed by atoms with E-state index >= 15 is 0 Å². The molecule has 1 atom stereocenters. The van der Waals surface area contributed by atoms with Crippen LogP contribution in [0.3, 0.4) is 0 Å². The van der Waals surface area contributed by atoms with Gasteiger partial charge in [0.15, 0.2) is 11.2 Å². The number of aryl methyl sites for hydroxylation is 1. The van der Waals surface area contributed by atoms with Gasteiger partial charge in [0.25, 0.3) is 0 Å². The van der Waals surface area contributed by atoms with Crippen molar-refractivity contribution in [1.82, 2.24) is 14.5 Å². The first-order valence-electron chi connectivity index (χ1n) is 11.2. The lowest BCUT2D eigenvalue weighted by Gasteiger charge is -2.25. The van der Waals surface area contributed by atoms with Crippen molar-refractivity contribution >= 4 is 28.5 Å². The summed E-state index contributed by atoms with van der Waals surface area (Å²) in [6, 6.07) is 19.6. The van der Waals surface area contributed by atoms with Gasteiger partial charge in [-0.15, -0.1) is 0 Å². The zero-order valence-corrected chi connectivity index (χ0v) is 19.8. The molecule has 2 heterocycles. The van der Waals surface area contributed by atoms with Gasteiger partial charge in [-0.1, -0.05) is 6.07 Å². The Balaban J connectivity index is 1.64. The minimum absolute atomic E-state index is 0.156. The predicted octanol–water partition coefficient (Wildman–Crippen LogP) is 4.16. The molecule has 0 aliphatic heterocycles.